The van der Waals surface area contributed by atoms with Gasteiger partial charge in [-0.25, -0.2) is 9.97 Å². The fourth-order valence-corrected chi connectivity index (χ4v) is 2.10. The number of aromatic nitrogens is 2. The van der Waals surface area contributed by atoms with Gasteiger partial charge in [0.25, 0.3) is 0 Å². The first kappa shape index (κ1) is 13.1. The van der Waals surface area contributed by atoms with Crippen LogP contribution in [0.2, 0.25) is 0 Å². The molecule has 0 aliphatic rings. The Morgan fingerprint density at radius 1 is 0.688 bits per heavy atom. The lowest BCUT2D eigenvalue weighted by Gasteiger charge is -2.21. The van der Waals surface area contributed by atoms with E-state index in [0.717, 1.165) is 5.82 Å². The van der Waals surface area contributed by atoms with Gasteiger partial charge in [0.1, 0.15) is 5.82 Å². The monoisotopic (exact) mass is 220 g/mol. The molecule has 90 valence electrons. The maximum absolute atomic E-state index is 4.63. The molecule has 0 amide bonds. The van der Waals surface area contributed by atoms with Crippen molar-refractivity contribution >= 4 is 0 Å². The minimum atomic E-state index is 0.469. The molecular formula is C14H24N2. The highest BCUT2D eigenvalue weighted by molar-refractivity contribution is 5.33. The molecule has 0 aliphatic heterocycles. The van der Waals surface area contributed by atoms with Crippen molar-refractivity contribution in [2.75, 3.05) is 0 Å². The van der Waals surface area contributed by atoms with E-state index in [9.17, 15) is 0 Å². The highest BCUT2D eigenvalue weighted by atomic mass is 14.9. The molecule has 0 unspecified atom stereocenters. The molecule has 1 rings (SSSR count). The second-order valence-electron chi connectivity index (χ2n) is 5.42. The predicted molar refractivity (Wildman–Crippen MR) is 69.0 cm³/mol. The molecule has 0 saturated carbocycles. The van der Waals surface area contributed by atoms with Crippen molar-refractivity contribution < 1.29 is 0 Å². The molecule has 0 aromatic carbocycles. The second kappa shape index (κ2) is 4.94. The summed E-state index contributed by atoms with van der Waals surface area (Å²) in [5.74, 6) is 2.33. The Morgan fingerprint density at radius 3 is 1.31 bits per heavy atom. The minimum Gasteiger partial charge on any atom is -0.238 e. The molecule has 0 bridgehead atoms. The smallest absolute Gasteiger partial charge is 0.125 e. The van der Waals surface area contributed by atoms with Crippen molar-refractivity contribution in [1.82, 2.24) is 9.97 Å². The number of nitrogens with zero attached hydrogens (tertiary/aromatic N) is 2. The van der Waals surface area contributed by atoms with Crippen molar-refractivity contribution in [2.45, 2.75) is 66.2 Å². The molecular weight excluding hydrogens is 196 g/mol. The lowest BCUT2D eigenvalue weighted by Crippen LogP contribution is -2.12. The van der Waals surface area contributed by atoms with Crippen molar-refractivity contribution in [3.63, 3.8) is 0 Å². The second-order valence-corrected chi connectivity index (χ2v) is 5.42. The van der Waals surface area contributed by atoms with E-state index in [-0.39, 0.29) is 0 Å². The average Bonchev–Trinajstić information content (AvgIpc) is 2.15. The van der Waals surface area contributed by atoms with E-state index in [1.165, 1.54) is 17.0 Å². The van der Waals surface area contributed by atoms with E-state index in [2.05, 4.69) is 51.5 Å². The van der Waals surface area contributed by atoms with Gasteiger partial charge in [-0.3, -0.25) is 0 Å². The van der Waals surface area contributed by atoms with Gasteiger partial charge in [-0.05, 0) is 30.2 Å². The summed E-state index contributed by atoms with van der Waals surface area (Å²) >= 11 is 0. The lowest BCUT2D eigenvalue weighted by molar-refractivity contribution is 0.686. The summed E-state index contributed by atoms with van der Waals surface area (Å²) in [6.45, 7) is 15.3. The largest absolute Gasteiger partial charge is 0.238 e. The van der Waals surface area contributed by atoms with Crippen molar-refractivity contribution in [2.24, 2.45) is 0 Å². The molecule has 0 radical (unpaired) electrons. The van der Waals surface area contributed by atoms with Gasteiger partial charge in [-0.15, -0.1) is 0 Å². The zero-order valence-corrected chi connectivity index (χ0v) is 11.6. The van der Waals surface area contributed by atoms with Gasteiger partial charge in [0.2, 0.25) is 0 Å². The summed E-state index contributed by atoms with van der Waals surface area (Å²) in [4.78, 5) is 9.25. The van der Waals surface area contributed by atoms with Crippen LogP contribution in [0.4, 0.5) is 0 Å². The van der Waals surface area contributed by atoms with E-state index < -0.39 is 0 Å². The van der Waals surface area contributed by atoms with Gasteiger partial charge < -0.3 is 0 Å². The Labute approximate surface area is 99.5 Å². The topological polar surface area (TPSA) is 25.8 Å². The molecule has 0 N–H and O–H groups in total. The van der Waals surface area contributed by atoms with E-state index in [0.29, 0.717) is 17.8 Å². The SMILES string of the molecule is Cc1nc(C(C)C)c(C(C)C)c(C(C)C)n1. The maximum atomic E-state index is 4.63. The van der Waals surface area contributed by atoms with Gasteiger partial charge >= 0.3 is 0 Å². The van der Waals surface area contributed by atoms with Gasteiger partial charge in [0.15, 0.2) is 0 Å². The van der Waals surface area contributed by atoms with E-state index in [1.54, 1.807) is 0 Å². The van der Waals surface area contributed by atoms with Crippen LogP contribution in [-0.4, -0.2) is 9.97 Å². The Balaban J connectivity index is 3.48. The first-order chi connectivity index (χ1) is 7.34. The fourth-order valence-electron chi connectivity index (χ4n) is 2.10. The molecule has 0 fully saturated rings. The zero-order valence-electron chi connectivity index (χ0n) is 11.6. The third-order valence-electron chi connectivity index (χ3n) is 2.79. The van der Waals surface area contributed by atoms with Crippen molar-refractivity contribution in [1.29, 1.82) is 0 Å². The van der Waals surface area contributed by atoms with Crippen LogP contribution in [0.5, 0.6) is 0 Å². The summed E-state index contributed by atoms with van der Waals surface area (Å²) < 4.78 is 0. The van der Waals surface area contributed by atoms with E-state index in [4.69, 9.17) is 0 Å². The zero-order chi connectivity index (χ0) is 12.5. The summed E-state index contributed by atoms with van der Waals surface area (Å²) in [5.41, 5.74) is 3.81. The molecule has 16 heavy (non-hydrogen) atoms. The molecule has 1 aromatic rings. The fraction of sp³-hybridized carbons (Fsp3) is 0.714. The van der Waals surface area contributed by atoms with Gasteiger partial charge in [0, 0.05) is 0 Å². The third kappa shape index (κ3) is 2.60. The highest BCUT2D eigenvalue weighted by Gasteiger charge is 2.19. The lowest BCUT2D eigenvalue weighted by atomic mass is 9.90. The average molecular weight is 220 g/mol. The standard InChI is InChI=1S/C14H24N2/c1-8(2)12-13(9(3)4)15-11(7)16-14(12)10(5)6/h8-10H,1-7H3. The molecule has 0 saturated heterocycles. The first-order valence-corrected chi connectivity index (χ1v) is 6.22. The molecule has 0 spiro atoms. The van der Waals surface area contributed by atoms with Gasteiger partial charge in [-0.1, -0.05) is 41.5 Å². The summed E-state index contributed by atoms with van der Waals surface area (Å²) in [6, 6.07) is 0. The van der Waals surface area contributed by atoms with Crippen LogP contribution >= 0.6 is 0 Å². The van der Waals surface area contributed by atoms with Crippen LogP contribution < -0.4 is 0 Å². The highest BCUT2D eigenvalue weighted by Crippen LogP contribution is 2.30. The van der Waals surface area contributed by atoms with Crippen LogP contribution in [0.25, 0.3) is 0 Å². The van der Waals surface area contributed by atoms with Gasteiger partial charge in [-0.2, -0.15) is 0 Å². The third-order valence-corrected chi connectivity index (χ3v) is 2.79. The summed E-state index contributed by atoms with van der Waals surface area (Å²) in [6.07, 6.45) is 0. The molecule has 0 atom stereocenters. The molecule has 2 heteroatoms. The number of hydrogen-bond acceptors (Lipinski definition) is 2. The Hall–Kier alpha value is -0.920. The maximum Gasteiger partial charge on any atom is 0.125 e. The molecule has 1 aromatic heterocycles. The Kier molecular flexibility index (Phi) is 4.06. The van der Waals surface area contributed by atoms with Crippen molar-refractivity contribution in [3.8, 4) is 0 Å². The molecule has 2 nitrogen and oxygen atoms in total. The minimum absolute atomic E-state index is 0.469. The Morgan fingerprint density at radius 2 is 1.06 bits per heavy atom. The summed E-state index contributed by atoms with van der Waals surface area (Å²) in [5, 5.41) is 0. The van der Waals surface area contributed by atoms with E-state index in [1.807, 2.05) is 6.92 Å². The Bertz CT molecular complexity index is 336. The normalized spacial score (nSPS) is 11.9. The van der Waals surface area contributed by atoms with E-state index >= 15 is 0 Å². The predicted octanol–water partition coefficient (Wildman–Crippen LogP) is 4.16. The van der Waals surface area contributed by atoms with Crippen LogP contribution in [0.3, 0.4) is 0 Å². The van der Waals surface area contributed by atoms with Crippen LogP contribution in [0.15, 0.2) is 0 Å². The number of rotatable bonds is 3. The molecule has 1 heterocycles. The van der Waals surface area contributed by atoms with Crippen LogP contribution in [0.1, 0.15) is 82.1 Å². The van der Waals surface area contributed by atoms with Crippen LogP contribution in [-0.2, 0) is 0 Å². The summed E-state index contributed by atoms with van der Waals surface area (Å²) in [7, 11) is 0. The van der Waals surface area contributed by atoms with Crippen LogP contribution in [0, 0.1) is 6.92 Å². The first-order valence-electron chi connectivity index (χ1n) is 6.22. The van der Waals surface area contributed by atoms with Gasteiger partial charge in [0.05, 0.1) is 11.4 Å². The molecule has 0 aliphatic carbocycles. The quantitative estimate of drug-likeness (QED) is 0.764. The number of hydrogen-bond donors (Lipinski definition) is 0. The number of aryl methyl sites for hydroxylation is 1. The van der Waals surface area contributed by atoms with Crippen molar-refractivity contribution in [3.05, 3.63) is 22.8 Å².